The lowest BCUT2D eigenvalue weighted by Gasteiger charge is -2.27. The smallest absolute Gasteiger partial charge is 0.119 e. The molecule has 0 saturated carbocycles. The molecule has 0 saturated heterocycles. The molecule has 0 aliphatic carbocycles. The number of hydrogen-bond donors (Lipinski definition) is 2. The maximum Gasteiger partial charge on any atom is 0.119 e. The molecule has 0 spiro atoms. The molecule has 0 heterocycles. The summed E-state index contributed by atoms with van der Waals surface area (Å²) in [6.07, 6.45) is 0. The Balaban J connectivity index is 2.48. The van der Waals surface area contributed by atoms with Gasteiger partial charge in [0, 0.05) is 12.6 Å². The molecule has 0 amide bonds. The first-order valence-electron chi connectivity index (χ1n) is 6.99. The van der Waals surface area contributed by atoms with Crippen molar-refractivity contribution in [2.24, 2.45) is 5.92 Å². The SMILES string of the molecule is CC(C)NCc1ccc(OCC(C)(O)C(C)C)cc1. The predicted octanol–water partition coefficient (Wildman–Crippen LogP) is 2.97. The van der Waals surface area contributed by atoms with Gasteiger partial charge in [0.05, 0.1) is 5.60 Å². The van der Waals surface area contributed by atoms with Crippen LogP contribution < -0.4 is 10.1 Å². The fourth-order valence-corrected chi connectivity index (χ4v) is 1.42. The number of aliphatic hydroxyl groups is 1. The lowest BCUT2D eigenvalue weighted by atomic mass is 9.94. The van der Waals surface area contributed by atoms with Crippen LogP contribution in [0.5, 0.6) is 5.75 Å². The van der Waals surface area contributed by atoms with Crippen molar-refractivity contribution in [1.29, 1.82) is 0 Å². The van der Waals surface area contributed by atoms with Crippen molar-refractivity contribution in [2.45, 2.75) is 52.8 Å². The Kier molecular flexibility index (Phi) is 5.83. The third-order valence-electron chi connectivity index (χ3n) is 3.41. The van der Waals surface area contributed by atoms with Gasteiger partial charge in [-0.1, -0.05) is 39.8 Å². The van der Waals surface area contributed by atoms with Gasteiger partial charge in [-0.25, -0.2) is 0 Å². The molecule has 1 aromatic carbocycles. The van der Waals surface area contributed by atoms with Crippen molar-refractivity contribution >= 4 is 0 Å². The first-order valence-corrected chi connectivity index (χ1v) is 6.99. The third kappa shape index (κ3) is 5.62. The van der Waals surface area contributed by atoms with Crippen LogP contribution in [0.3, 0.4) is 0 Å². The van der Waals surface area contributed by atoms with Crippen LogP contribution in [0.4, 0.5) is 0 Å². The fraction of sp³-hybridized carbons (Fsp3) is 0.625. The standard InChI is InChI=1S/C16H27NO2/c1-12(2)16(5,18)11-19-15-8-6-14(7-9-15)10-17-13(3)4/h6-9,12-13,17-18H,10-11H2,1-5H3. The molecule has 1 unspecified atom stereocenters. The van der Waals surface area contributed by atoms with Crippen LogP contribution >= 0.6 is 0 Å². The average molecular weight is 265 g/mol. The highest BCUT2D eigenvalue weighted by Gasteiger charge is 2.25. The molecular formula is C16H27NO2. The van der Waals surface area contributed by atoms with Crippen molar-refractivity contribution in [1.82, 2.24) is 5.32 Å². The lowest BCUT2D eigenvalue weighted by Crippen LogP contribution is -2.37. The van der Waals surface area contributed by atoms with Gasteiger partial charge in [0.15, 0.2) is 0 Å². The van der Waals surface area contributed by atoms with Crippen LogP contribution in [0.15, 0.2) is 24.3 Å². The number of ether oxygens (including phenoxy) is 1. The first-order chi connectivity index (χ1) is 8.81. The monoisotopic (exact) mass is 265 g/mol. The van der Waals surface area contributed by atoms with E-state index in [1.807, 2.05) is 26.0 Å². The third-order valence-corrected chi connectivity index (χ3v) is 3.41. The van der Waals surface area contributed by atoms with Crippen LogP contribution in [0, 0.1) is 5.92 Å². The van der Waals surface area contributed by atoms with E-state index in [1.165, 1.54) is 5.56 Å². The van der Waals surface area contributed by atoms with E-state index >= 15 is 0 Å². The summed E-state index contributed by atoms with van der Waals surface area (Å²) in [5, 5.41) is 13.5. The molecule has 0 fully saturated rings. The molecule has 2 N–H and O–H groups in total. The number of hydrogen-bond acceptors (Lipinski definition) is 3. The Morgan fingerprint density at radius 3 is 2.21 bits per heavy atom. The van der Waals surface area contributed by atoms with Crippen LogP contribution in [-0.4, -0.2) is 23.4 Å². The minimum atomic E-state index is -0.794. The number of benzene rings is 1. The molecule has 108 valence electrons. The van der Waals surface area contributed by atoms with Gasteiger partial charge in [-0.3, -0.25) is 0 Å². The number of nitrogens with one attached hydrogen (secondary N) is 1. The molecule has 0 aliphatic heterocycles. The van der Waals surface area contributed by atoms with Gasteiger partial charge in [0.1, 0.15) is 12.4 Å². The summed E-state index contributed by atoms with van der Waals surface area (Å²) in [7, 11) is 0. The van der Waals surface area contributed by atoms with Crippen molar-refractivity contribution in [2.75, 3.05) is 6.61 Å². The summed E-state index contributed by atoms with van der Waals surface area (Å²) in [4.78, 5) is 0. The molecule has 19 heavy (non-hydrogen) atoms. The van der Waals surface area contributed by atoms with Gasteiger partial charge >= 0.3 is 0 Å². The normalized spacial score (nSPS) is 14.7. The Morgan fingerprint density at radius 2 is 1.74 bits per heavy atom. The van der Waals surface area contributed by atoms with Gasteiger partial charge in [0.25, 0.3) is 0 Å². The molecular weight excluding hydrogens is 238 g/mol. The van der Waals surface area contributed by atoms with Gasteiger partial charge in [0.2, 0.25) is 0 Å². The predicted molar refractivity (Wildman–Crippen MR) is 79.4 cm³/mol. The second-order valence-corrected chi connectivity index (χ2v) is 5.98. The van der Waals surface area contributed by atoms with E-state index in [4.69, 9.17) is 4.74 Å². The van der Waals surface area contributed by atoms with E-state index in [0.717, 1.165) is 12.3 Å². The van der Waals surface area contributed by atoms with E-state index in [-0.39, 0.29) is 5.92 Å². The molecule has 0 aromatic heterocycles. The van der Waals surface area contributed by atoms with E-state index in [9.17, 15) is 5.11 Å². The molecule has 0 radical (unpaired) electrons. The van der Waals surface area contributed by atoms with Crippen molar-refractivity contribution in [3.8, 4) is 5.75 Å². The van der Waals surface area contributed by atoms with E-state index in [2.05, 4.69) is 31.3 Å². The molecule has 1 atom stereocenters. The highest BCUT2D eigenvalue weighted by atomic mass is 16.5. The van der Waals surface area contributed by atoms with Crippen molar-refractivity contribution in [3.05, 3.63) is 29.8 Å². The van der Waals surface area contributed by atoms with Crippen molar-refractivity contribution in [3.63, 3.8) is 0 Å². The summed E-state index contributed by atoms with van der Waals surface area (Å²) in [5.74, 6) is 0.969. The summed E-state index contributed by atoms with van der Waals surface area (Å²) in [5.41, 5.74) is 0.439. The molecule has 1 aromatic rings. The van der Waals surface area contributed by atoms with Crippen LogP contribution in [0.25, 0.3) is 0 Å². The average Bonchev–Trinajstić information content (AvgIpc) is 2.35. The molecule has 1 rings (SSSR count). The van der Waals surface area contributed by atoms with Gasteiger partial charge in [-0.05, 0) is 30.5 Å². The Hall–Kier alpha value is -1.06. The number of rotatable bonds is 7. The van der Waals surface area contributed by atoms with E-state index in [1.54, 1.807) is 6.92 Å². The maximum absolute atomic E-state index is 10.1. The van der Waals surface area contributed by atoms with Gasteiger partial charge in [-0.2, -0.15) is 0 Å². The van der Waals surface area contributed by atoms with Crippen LogP contribution in [0.1, 0.15) is 40.2 Å². The zero-order valence-electron chi connectivity index (χ0n) is 12.7. The first kappa shape index (κ1) is 16.0. The molecule has 3 nitrogen and oxygen atoms in total. The summed E-state index contributed by atoms with van der Waals surface area (Å²) in [6, 6.07) is 8.49. The highest BCUT2D eigenvalue weighted by molar-refractivity contribution is 5.27. The lowest BCUT2D eigenvalue weighted by molar-refractivity contribution is -0.0266. The van der Waals surface area contributed by atoms with E-state index < -0.39 is 5.60 Å². The minimum absolute atomic E-state index is 0.169. The second-order valence-electron chi connectivity index (χ2n) is 5.98. The largest absolute Gasteiger partial charge is 0.491 e. The molecule has 3 heteroatoms. The Labute approximate surface area is 117 Å². The quantitative estimate of drug-likeness (QED) is 0.796. The zero-order valence-corrected chi connectivity index (χ0v) is 12.7. The van der Waals surface area contributed by atoms with Crippen LogP contribution in [-0.2, 0) is 6.54 Å². The second kappa shape index (κ2) is 6.92. The van der Waals surface area contributed by atoms with Gasteiger partial charge in [-0.15, -0.1) is 0 Å². The molecule has 0 bridgehead atoms. The maximum atomic E-state index is 10.1. The molecule has 0 aliphatic rings. The summed E-state index contributed by atoms with van der Waals surface area (Å²) >= 11 is 0. The Bertz CT molecular complexity index is 369. The fourth-order valence-electron chi connectivity index (χ4n) is 1.42. The minimum Gasteiger partial charge on any atom is -0.491 e. The van der Waals surface area contributed by atoms with Crippen molar-refractivity contribution < 1.29 is 9.84 Å². The zero-order chi connectivity index (χ0) is 14.5. The highest BCUT2D eigenvalue weighted by Crippen LogP contribution is 2.19. The van der Waals surface area contributed by atoms with E-state index in [0.29, 0.717) is 12.6 Å². The van der Waals surface area contributed by atoms with Gasteiger partial charge < -0.3 is 15.2 Å². The van der Waals surface area contributed by atoms with Crippen LogP contribution in [0.2, 0.25) is 0 Å². The Morgan fingerprint density at radius 1 is 1.16 bits per heavy atom. The summed E-state index contributed by atoms with van der Waals surface area (Å²) in [6.45, 7) is 11.2. The summed E-state index contributed by atoms with van der Waals surface area (Å²) < 4.78 is 5.64. The topological polar surface area (TPSA) is 41.5 Å².